The average Bonchev–Trinajstić information content (AvgIpc) is 3.21. The van der Waals surface area contributed by atoms with Crippen molar-refractivity contribution in [1.29, 1.82) is 0 Å². The Labute approximate surface area is 176 Å². The van der Waals surface area contributed by atoms with Gasteiger partial charge in [0.05, 0.1) is 11.0 Å². The molecule has 1 aromatic heterocycles. The molecule has 0 spiro atoms. The maximum absolute atomic E-state index is 13.1. The van der Waals surface area contributed by atoms with Crippen molar-refractivity contribution in [2.24, 2.45) is 0 Å². The van der Waals surface area contributed by atoms with E-state index in [9.17, 15) is 4.79 Å². The summed E-state index contributed by atoms with van der Waals surface area (Å²) in [7, 11) is 0. The lowest BCUT2D eigenvalue weighted by atomic mass is 10.1. The molecular weight excluding hydrogens is 395 g/mol. The molecule has 5 nitrogen and oxygen atoms in total. The van der Waals surface area contributed by atoms with Crippen LogP contribution in [0.3, 0.4) is 0 Å². The van der Waals surface area contributed by atoms with Crippen molar-refractivity contribution in [3.63, 3.8) is 0 Å². The number of carbonyl (C=O) groups is 1. The summed E-state index contributed by atoms with van der Waals surface area (Å²) < 4.78 is 2.06. The normalized spacial score (nSPS) is 20.9. The first-order chi connectivity index (χ1) is 12.8. The minimum atomic E-state index is 0. The number of nitrogens with one attached hydrogen (secondary N) is 1. The monoisotopic (exact) mass is 418 g/mol. The number of nitrogens with zero attached hydrogens (tertiary/aromatic N) is 3. The smallest absolute Gasteiger partial charge is 0.254 e. The molecule has 0 radical (unpaired) electrons. The van der Waals surface area contributed by atoms with E-state index in [1.165, 1.54) is 0 Å². The number of benzene rings is 2. The molecule has 3 heterocycles. The molecule has 0 aliphatic carbocycles. The molecule has 2 fully saturated rings. The van der Waals surface area contributed by atoms with E-state index < -0.39 is 0 Å². The Morgan fingerprint density at radius 3 is 2.54 bits per heavy atom. The number of amides is 1. The summed E-state index contributed by atoms with van der Waals surface area (Å²) in [5.74, 6) is 0.170. The summed E-state index contributed by atoms with van der Waals surface area (Å²) in [6.45, 7) is 1.93. The molecule has 2 aliphatic heterocycles. The number of halogens is 2. The molecule has 2 saturated heterocycles. The van der Waals surface area contributed by atoms with Crippen LogP contribution in [0.1, 0.15) is 29.6 Å². The summed E-state index contributed by atoms with van der Waals surface area (Å²) in [4.78, 5) is 19.7. The van der Waals surface area contributed by atoms with Crippen LogP contribution in [-0.2, 0) is 0 Å². The number of carbonyl (C=O) groups excluding carboxylic acids is 1. The van der Waals surface area contributed by atoms with Gasteiger partial charge in [-0.15, -0.1) is 24.8 Å². The summed E-state index contributed by atoms with van der Waals surface area (Å²) in [5, 5.41) is 3.46. The van der Waals surface area contributed by atoms with Gasteiger partial charge in [0, 0.05) is 29.9 Å². The van der Waals surface area contributed by atoms with E-state index in [2.05, 4.69) is 25.8 Å². The molecule has 5 rings (SSSR count). The lowest BCUT2D eigenvalue weighted by molar-refractivity contribution is 0.0680. The number of hydrogen-bond acceptors (Lipinski definition) is 3. The third-order valence-electron chi connectivity index (χ3n) is 5.73. The van der Waals surface area contributed by atoms with Gasteiger partial charge in [-0.1, -0.05) is 12.1 Å². The highest BCUT2D eigenvalue weighted by atomic mass is 35.5. The van der Waals surface area contributed by atoms with Crippen molar-refractivity contribution < 1.29 is 4.79 Å². The highest BCUT2D eigenvalue weighted by Gasteiger charge is 2.38. The van der Waals surface area contributed by atoms with E-state index in [0.717, 1.165) is 54.6 Å². The van der Waals surface area contributed by atoms with Crippen LogP contribution in [0, 0.1) is 0 Å². The van der Waals surface area contributed by atoms with E-state index in [1.54, 1.807) is 0 Å². The SMILES string of the molecule is Cl.Cl.O=C(c1ccc(-n2cnc3ccccc32)cc1)N1C2CCNCC1CC2. The van der Waals surface area contributed by atoms with Crippen molar-refractivity contribution in [3.8, 4) is 5.69 Å². The molecule has 2 aromatic carbocycles. The summed E-state index contributed by atoms with van der Waals surface area (Å²) in [5.41, 5.74) is 3.84. The van der Waals surface area contributed by atoms with Gasteiger partial charge < -0.3 is 10.2 Å². The zero-order chi connectivity index (χ0) is 17.5. The zero-order valence-electron chi connectivity index (χ0n) is 15.5. The molecule has 2 atom stereocenters. The van der Waals surface area contributed by atoms with Crippen LogP contribution < -0.4 is 5.32 Å². The standard InChI is InChI=1S/C21H22N4O.2ClH/c26-21(25-17-9-10-18(25)13-22-12-11-17)15-5-7-16(8-6-15)24-14-23-19-3-1-2-4-20(19)24;;/h1-8,14,17-18,22H,9-13H2;2*1H. The molecule has 2 aliphatic rings. The van der Waals surface area contributed by atoms with Gasteiger partial charge in [-0.3, -0.25) is 9.36 Å². The summed E-state index contributed by atoms with van der Waals surface area (Å²) in [6.07, 6.45) is 5.14. The van der Waals surface area contributed by atoms with Crippen molar-refractivity contribution in [1.82, 2.24) is 19.8 Å². The van der Waals surface area contributed by atoms with Gasteiger partial charge in [-0.25, -0.2) is 4.98 Å². The largest absolute Gasteiger partial charge is 0.331 e. The van der Waals surface area contributed by atoms with E-state index >= 15 is 0 Å². The second-order valence-electron chi connectivity index (χ2n) is 7.24. The molecule has 1 amide bonds. The first kappa shape index (κ1) is 20.6. The Morgan fingerprint density at radius 1 is 0.964 bits per heavy atom. The second-order valence-corrected chi connectivity index (χ2v) is 7.24. The third-order valence-corrected chi connectivity index (χ3v) is 5.73. The topological polar surface area (TPSA) is 50.2 Å². The highest BCUT2D eigenvalue weighted by Crippen LogP contribution is 2.30. The van der Waals surface area contributed by atoms with Crippen molar-refractivity contribution in [3.05, 3.63) is 60.4 Å². The van der Waals surface area contributed by atoms with E-state index in [4.69, 9.17) is 0 Å². The van der Waals surface area contributed by atoms with E-state index in [1.807, 2.05) is 48.8 Å². The van der Waals surface area contributed by atoms with Crippen LogP contribution in [-0.4, -0.2) is 45.5 Å². The van der Waals surface area contributed by atoms with Gasteiger partial charge in [-0.05, 0) is 62.2 Å². The van der Waals surface area contributed by atoms with Gasteiger partial charge in [0.15, 0.2) is 0 Å². The molecule has 148 valence electrons. The van der Waals surface area contributed by atoms with Gasteiger partial charge in [0.1, 0.15) is 6.33 Å². The van der Waals surface area contributed by atoms with Crippen LogP contribution in [0.15, 0.2) is 54.9 Å². The molecule has 3 aromatic rings. The molecule has 28 heavy (non-hydrogen) atoms. The Hall–Kier alpha value is -2.08. The number of fused-ring (bicyclic) bond motifs is 3. The van der Waals surface area contributed by atoms with Gasteiger partial charge >= 0.3 is 0 Å². The molecule has 1 N–H and O–H groups in total. The summed E-state index contributed by atoms with van der Waals surface area (Å²) in [6, 6.07) is 16.7. The van der Waals surface area contributed by atoms with Crippen LogP contribution >= 0.6 is 24.8 Å². The van der Waals surface area contributed by atoms with Gasteiger partial charge in [-0.2, -0.15) is 0 Å². The van der Waals surface area contributed by atoms with E-state index in [0.29, 0.717) is 12.1 Å². The Morgan fingerprint density at radius 2 is 1.71 bits per heavy atom. The minimum Gasteiger partial charge on any atom is -0.331 e. The van der Waals surface area contributed by atoms with Gasteiger partial charge in [0.25, 0.3) is 5.91 Å². The Balaban J connectivity index is 0.00000112. The number of para-hydroxylation sites is 2. The average molecular weight is 419 g/mol. The minimum absolute atomic E-state index is 0. The Kier molecular flexibility index (Phi) is 6.28. The van der Waals surface area contributed by atoms with Crippen LogP contribution in [0.4, 0.5) is 0 Å². The Bertz CT molecular complexity index is 942. The third kappa shape index (κ3) is 3.50. The predicted octanol–water partition coefficient (Wildman–Crippen LogP) is 3.84. The first-order valence-corrected chi connectivity index (χ1v) is 9.37. The van der Waals surface area contributed by atoms with E-state index in [-0.39, 0.29) is 30.7 Å². The summed E-state index contributed by atoms with van der Waals surface area (Å²) >= 11 is 0. The highest BCUT2D eigenvalue weighted by molar-refractivity contribution is 5.95. The number of aromatic nitrogens is 2. The fourth-order valence-corrected chi connectivity index (χ4v) is 4.39. The maximum Gasteiger partial charge on any atom is 0.254 e. The quantitative estimate of drug-likeness (QED) is 0.687. The number of imidazole rings is 1. The fourth-order valence-electron chi connectivity index (χ4n) is 4.39. The first-order valence-electron chi connectivity index (χ1n) is 9.37. The second kappa shape index (κ2) is 8.52. The molecule has 0 saturated carbocycles. The maximum atomic E-state index is 13.1. The molecule has 2 unspecified atom stereocenters. The van der Waals surface area contributed by atoms with Gasteiger partial charge in [0.2, 0.25) is 0 Å². The molecule has 2 bridgehead atoms. The fraction of sp³-hybridized carbons (Fsp3) is 0.333. The lowest BCUT2D eigenvalue weighted by Crippen LogP contribution is -2.42. The van der Waals surface area contributed by atoms with Crippen molar-refractivity contribution >= 4 is 41.8 Å². The number of rotatable bonds is 2. The van der Waals surface area contributed by atoms with Crippen LogP contribution in [0.5, 0.6) is 0 Å². The van der Waals surface area contributed by atoms with Crippen molar-refractivity contribution in [2.75, 3.05) is 13.1 Å². The number of hydrogen-bond donors (Lipinski definition) is 1. The molecular formula is C21H24Cl2N4O. The zero-order valence-corrected chi connectivity index (χ0v) is 17.1. The van der Waals surface area contributed by atoms with Crippen LogP contribution in [0.25, 0.3) is 16.7 Å². The lowest BCUT2D eigenvalue weighted by Gasteiger charge is -2.28. The van der Waals surface area contributed by atoms with Crippen molar-refractivity contribution in [2.45, 2.75) is 31.3 Å². The molecule has 7 heteroatoms. The predicted molar refractivity (Wildman–Crippen MR) is 116 cm³/mol. The van der Waals surface area contributed by atoms with Crippen LogP contribution in [0.2, 0.25) is 0 Å².